The zero-order valence-electron chi connectivity index (χ0n) is 10.5. The van der Waals surface area contributed by atoms with E-state index in [9.17, 15) is 0 Å². The van der Waals surface area contributed by atoms with Gasteiger partial charge in [0.1, 0.15) is 5.75 Å². The van der Waals surface area contributed by atoms with Gasteiger partial charge < -0.3 is 10.1 Å². The number of nitrogens with one attached hydrogen (secondary N) is 1. The van der Waals surface area contributed by atoms with Crippen molar-refractivity contribution in [3.8, 4) is 5.75 Å². The van der Waals surface area contributed by atoms with Crippen LogP contribution in [0.1, 0.15) is 32.1 Å². The lowest BCUT2D eigenvalue weighted by Crippen LogP contribution is -2.17. The number of methoxy groups -OCH3 is 1. The maximum absolute atomic E-state index is 5.15. The minimum Gasteiger partial charge on any atom is -0.497 e. The molecule has 1 aromatic rings. The van der Waals surface area contributed by atoms with Gasteiger partial charge in [-0.1, -0.05) is 25.0 Å². The van der Waals surface area contributed by atoms with Gasteiger partial charge in [0.05, 0.1) is 7.11 Å². The lowest BCUT2D eigenvalue weighted by Gasteiger charge is -2.18. The Morgan fingerprint density at radius 3 is 2.71 bits per heavy atom. The minimum absolute atomic E-state index is 0.476. The summed E-state index contributed by atoms with van der Waals surface area (Å²) in [6, 6.07) is 8.62. The van der Waals surface area contributed by atoms with Crippen molar-refractivity contribution < 1.29 is 4.74 Å². The molecular formula is C15H21NO. The third kappa shape index (κ3) is 3.81. The van der Waals surface area contributed by atoms with Gasteiger partial charge in [0, 0.05) is 11.7 Å². The molecule has 0 radical (unpaired) electrons. The lowest BCUT2D eigenvalue weighted by molar-refractivity contribution is 0.415. The molecule has 0 bridgehead atoms. The summed E-state index contributed by atoms with van der Waals surface area (Å²) in [6.45, 7) is 0. The van der Waals surface area contributed by atoms with Gasteiger partial charge in [-0.2, -0.15) is 0 Å². The third-order valence-corrected chi connectivity index (χ3v) is 3.20. The maximum atomic E-state index is 5.15. The fourth-order valence-corrected chi connectivity index (χ4v) is 2.18. The summed E-state index contributed by atoms with van der Waals surface area (Å²) in [4.78, 5) is 0. The Labute approximate surface area is 104 Å². The molecular weight excluding hydrogens is 210 g/mol. The third-order valence-electron chi connectivity index (χ3n) is 3.20. The Kier molecular flexibility index (Phi) is 4.48. The molecule has 2 heteroatoms. The highest BCUT2D eigenvalue weighted by atomic mass is 16.5. The highest BCUT2D eigenvalue weighted by molar-refractivity contribution is 5.47. The molecule has 1 N–H and O–H groups in total. The van der Waals surface area contributed by atoms with Gasteiger partial charge in [0.15, 0.2) is 0 Å². The van der Waals surface area contributed by atoms with Crippen molar-refractivity contribution in [3.63, 3.8) is 0 Å². The van der Waals surface area contributed by atoms with E-state index in [1.54, 1.807) is 7.11 Å². The van der Waals surface area contributed by atoms with Gasteiger partial charge in [-0.3, -0.25) is 0 Å². The zero-order chi connectivity index (χ0) is 11.9. The Bertz CT molecular complexity index is 356. The van der Waals surface area contributed by atoms with Crippen LogP contribution in [0.15, 0.2) is 36.4 Å². The first-order valence-electron chi connectivity index (χ1n) is 6.46. The number of rotatable bonds is 3. The largest absolute Gasteiger partial charge is 0.497 e. The molecule has 2 rings (SSSR count). The summed E-state index contributed by atoms with van der Waals surface area (Å²) < 4.78 is 5.15. The van der Waals surface area contributed by atoms with Gasteiger partial charge in [0.25, 0.3) is 0 Å². The van der Waals surface area contributed by atoms with Crippen molar-refractivity contribution in [2.45, 2.75) is 38.1 Å². The lowest BCUT2D eigenvalue weighted by atomic mass is 10.0. The molecule has 1 aliphatic carbocycles. The van der Waals surface area contributed by atoms with Crippen LogP contribution in [-0.2, 0) is 0 Å². The van der Waals surface area contributed by atoms with Crippen LogP contribution in [0, 0.1) is 0 Å². The van der Waals surface area contributed by atoms with E-state index in [0.717, 1.165) is 5.75 Å². The predicted molar refractivity (Wildman–Crippen MR) is 72.6 cm³/mol. The van der Waals surface area contributed by atoms with E-state index >= 15 is 0 Å². The fourth-order valence-electron chi connectivity index (χ4n) is 2.18. The second-order valence-electron chi connectivity index (χ2n) is 4.55. The SMILES string of the molecule is COc1ccc(NC2/C=C/CCCCC2)cc1. The maximum Gasteiger partial charge on any atom is 0.119 e. The number of hydrogen-bond donors (Lipinski definition) is 1. The Morgan fingerprint density at radius 2 is 1.94 bits per heavy atom. The van der Waals surface area contributed by atoms with E-state index in [1.165, 1.54) is 37.8 Å². The van der Waals surface area contributed by atoms with Gasteiger partial charge in [-0.05, 0) is 43.5 Å². The van der Waals surface area contributed by atoms with Gasteiger partial charge in [0.2, 0.25) is 0 Å². The Balaban J connectivity index is 1.95. The van der Waals surface area contributed by atoms with E-state index < -0.39 is 0 Å². The molecule has 0 saturated heterocycles. The molecule has 17 heavy (non-hydrogen) atoms. The van der Waals surface area contributed by atoms with E-state index in [-0.39, 0.29) is 0 Å². The van der Waals surface area contributed by atoms with E-state index in [1.807, 2.05) is 12.1 Å². The van der Waals surface area contributed by atoms with Crippen LogP contribution in [0.25, 0.3) is 0 Å². The minimum atomic E-state index is 0.476. The molecule has 0 aliphatic heterocycles. The number of ether oxygens (including phenoxy) is 1. The number of benzene rings is 1. The summed E-state index contributed by atoms with van der Waals surface area (Å²) in [5.41, 5.74) is 1.17. The average molecular weight is 231 g/mol. The van der Waals surface area contributed by atoms with Gasteiger partial charge >= 0.3 is 0 Å². The molecule has 1 aliphatic rings. The topological polar surface area (TPSA) is 21.3 Å². The molecule has 0 spiro atoms. The molecule has 1 aromatic carbocycles. The van der Waals surface area contributed by atoms with Crippen molar-refractivity contribution >= 4 is 5.69 Å². The molecule has 2 nitrogen and oxygen atoms in total. The van der Waals surface area contributed by atoms with Crippen molar-refractivity contribution in [2.24, 2.45) is 0 Å². The van der Waals surface area contributed by atoms with Crippen molar-refractivity contribution in [1.29, 1.82) is 0 Å². The molecule has 1 atom stereocenters. The van der Waals surface area contributed by atoms with Crippen molar-refractivity contribution in [2.75, 3.05) is 12.4 Å². The normalized spacial score (nSPS) is 22.3. The number of anilines is 1. The summed E-state index contributed by atoms with van der Waals surface area (Å²) in [5.74, 6) is 0.906. The molecule has 0 amide bonds. The fraction of sp³-hybridized carbons (Fsp3) is 0.467. The average Bonchev–Trinajstić information content (AvgIpc) is 2.33. The van der Waals surface area contributed by atoms with Crippen LogP contribution in [0.2, 0.25) is 0 Å². The monoisotopic (exact) mass is 231 g/mol. The standard InChI is InChI=1S/C15H21NO/c1-17-15-11-9-14(10-12-15)16-13-7-5-3-2-4-6-8-13/h5,7,9-13,16H,2-4,6,8H2,1H3/b7-5+. The van der Waals surface area contributed by atoms with Crippen molar-refractivity contribution in [1.82, 2.24) is 0 Å². The van der Waals surface area contributed by atoms with Crippen LogP contribution in [0.4, 0.5) is 5.69 Å². The second kappa shape index (κ2) is 6.33. The molecule has 1 unspecified atom stereocenters. The predicted octanol–water partition coefficient (Wildman–Crippen LogP) is 4.00. The Morgan fingerprint density at radius 1 is 1.12 bits per heavy atom. The number of hydrogen-bond acceptors (Lipinski definition) is 2. The molecule has 0 saturated carbocycles. The first kappa shape index (κ1) is 12.0. The van der Waals surface area contributed by atoms with Gasteiger partial charge in [-0.15, -0.1) is 0 Å². The summed E-state index contributed by atoms with van der Waals surface area (Å²) >= 11 is 0. The van der Waals surface area contributed by atoms with E-state index in [2.05, 4.69) is 29.6 Å². The molecule has 92 valence electrons. The molecule has 0 heterocycles. The first-order chi connectivity index (χ1) is 8.38. The Hall–Kier alpha value is -1.44. The molecule has 0 fully saturated rings. The van der Waals surface area contributed by atoms with Crippen LogP contribution < -0.4 is 10.1 Å². The first-order valence-corrected chi connectivity index (χ1v) is 6.46. The zero-order valence-corrected chi connectivity index (χ0v) is 10.5. The van der Waals surface area contributed by atoms with Crippen LogP contribution in [0.3, 0.4) is 0 Å². The van der Waals surface area contributed by atoms with Crippen LogP contribution in [0.5, 0.6) is 5.75 Å². The summed E-state index contributed by atoms with van der Waals surface area (Å²) in [7, 11) is 1.69. The second-order valence-corrected chi connectivity index (χ2v) is 4.55. The smallest absolute Gasteiger partial charge is 0.119 e. The van der Waals surface area contributed by atoms with Gasteiger partial charge in [-0.25, -0.2) is 0 Å². The molecule has 0 aromatic heterocycles. The number of allylic oxidation sites excluding steroid dienone is 1. The highest BCUT2D eigenvalue weighted by Crippen LogP contribution is 2.19. The van der Waals surface area contributed by atoms with E-state index in [0.29, 0.717) is 6.04 Å². The van der Waals surface area contributed by atoms with E-state index in [4.69, 9.17) is 4.74 Å². The van der Waals surface area contributed by atoms with Crippen LogP contribution in [-0.4, -0.2) is 13.2 Å². The van der Waals surface area contributed by atoms with Crippen LogP contribution >= 0.6 is 0 Å². The summed E-state index contributed by atoms with van der Waals surface area (Å²) in [6.07, 6.45) is 11.1. The highest BCUT2D eigenvalue weighted by Gasteiger charge is 2.06. The quantitative estimate of drug-likeness (QED) is 0.794. The summed E-state index contributed by atoms with van der Waals surface area (Å²) in [5, 5.41) is 3.56. The van der Waals surface area contributed by atoms with Crippen molar-refractivity contribution in [3.05, 3.63) is 36.4 Å².